The van der Waals surface area contributed by atoms with Crippen LogP contribution in [0.4, 0.5) is 0 Å². The normalized spacial score (nSPS) is 24.1. The van der Waals surface area contributed by atoms with E-state index in [1.54, 1.807) is 11.3 Å². The molecule has 1 aliphatic rings. The van der Waals surface area contributed by atoms with E-state index in [2.05, 4.69) is 9.71 Å². The zero-order chi connectivity index (χ0) is 14.2. The van der Waals surface area contributed by atoms with E-state index < -0.39 is 10.2 Å². The van der Waals surface area contributed by atoms with Crippen molar-refractivity contribution in [2.75, 3.05) is 0 Å². The van der Waals surface area contributed by atoms with Crippen LogP contribution < -0.4 is 9.86 Å². The lowest BCUT2D eigenvalue weighted by molar-refractivity contribution is 0.361. The molecule has 0 aliphatic heterocycles. The molecule has 1 aliphatic carbocycles. The first-order valence-corrected chi connectivity index (χ1v) is 9.05. The van der Waals surface area contributed by atoms with Crippen LogP contribution >= 0.6 is 11.3 Å². The summed E-state index contributed by atoms with van der Waals surface area (Å²) in [6.45, 7) is 0. The van der Waals surface area contributed by atoms with Crippen LogP contribution in [0.15, 0.2) is 24.3 Å². The topological polar surface area (TPSA) is 85.1 Å². The number of hydrogen-bond donors (Lipinski definition) is 2. The van der Waals surface area contributed by atoms with Crippen molar-refractivity contribution in [3.8, 4) is 0 Å². The molecular weight excluding hydrogens is 294 g/mol. The monoisotopic (exact) mass is 311 g/mol. The summed E-state index contributed by atoms with van der Waals surface area (Å²) in [5.74, 6) is 0.125. The number of rotatable bonds is 3. The van der Waals surface area contributed by atoms with Gasteiger partial charge in [0, 0.05) is 12.0 Å². The van der Waals surface area contributed by atoms with E-state index >= 15 is 0 Å². The summed E-state index contributed by atoms with van der Waals surface area (Å²) in [5, 5.41) is 6.13. The third-order valence-corrected chi connectivity index (χ3v) is 5.51. The third kappa shape index (κ3) is 3.01. The SMILES string of the molecule is NS(=O)(=O)NC1CCCCC1c1nc2ccccc2s1. The number of hydrogen-bond acceptors (Lipinski definition) is 4. The Labute approximate surface area is 122 Å². The van der Waals surface area contributed by atoms with Gasteiger partial charge >= 0.3 is 0 Å². The van der Waals surface area contributed by atoms with E-state index in [1.165, 1.54) is 0 Å². The van der Waals surface area contributed by atoms with Crippen molar-refractivity contribution in [1.82, 2.24) is 9.71 Å². The molecule has 2 atom stereocenters. The van der Waals surface area contributed by atoms with E-state index in [-0.39, 0.29) is 12.0 Å². The van der Waals surface area contributed by atoms with Crippen LogP contribution in [0.25, 0.3) is 10.2 Å². The number of benzene rings is 1. The highest BCUT2D eigenvalue weighted by molar-refractivity contribution is 7.87. The molecule has 3 N–H and O–H groups in total. The number of nitrogens with zero attached hydrogens (tertiary/aromatic N) is 1. The molecule has 1 saturated carbocycles. The molecule has 20 heavy (non-hydrogen) atoms. The average molecular weight is 311 g/mol. The molecule has 1 aromatic heterocycles. The summed E-state index contributed by atoms with van der Waals surface area (Å²) in [5.41, 5.74) is 0.979. The maximum Gasteiger partial charge on any atom is 0.274 e. The molecule has 0 amide bonds. The van der Waals surface area contributed by atoms with Gasteiger partial charge in [-0.1, -0.05) is 25.0 Å². The molecule has 5 nitrogen and oxygen atoms in total. The minimum atomic E-state index is -3.67. The van der Waals surface area contributed by atoms with E-state index in [0.717, 1.165) is 40.9 Å². The molecule has 0 bridgehead atoms. The summed E-state index contributed by atoms with van der Waals surface area (Å²) in [4.78, 5) is 4.66. The fourth-order valence-electron chi connectivity index (χ4n) is 2.83. The van der Waals surface area contributed by atoms with Crippen molar-refractivity contribution in [2.45, 2.75) is 37.6 Å². The van der Waals surface area contributed by atoms with Gasteiger partial charge in [0.1, 0.15) is 0 Å². The van der Waals surface area contributed by atoms with Crippen LogP contribution in [0.2, 0.25) is 0 Å². The second-order valence-electron chi connectivity index (χ2n) is 5.18. The zero-order valence-electron chi connectivity index (χ0n) is 11.0. The van der Waals surface area contributed by atoms with Gasteiger partial charge in [-0.25, -0.2) is 10.1 Å². The Morgan fingerprint density at radius 2 is 2.00 bits per heavy atom. The van der Waals surface area contributed by atoms with Crippen LogP contribution in [0.5, 0.6) is 0 Å². The molecule has 0 spiro atoms. The van der Waals surface area contributed by atoms with Gasteiger partial charge in [-0.2, -0.15) is 13.1 Å². The van der Waals surface area contributed by atoms with E-state index in [4.69, 9.17) is 5.14 Å². The van der Waals surface area contributed by atoms with Crippen molar-refractivity contribution >= 4 is 31.8 Å². The lowest BCUT2D eigenvalue weighted by Crippen LogP contribution is -2.44. The predicted octanol–water partition coefficient (Wildman–Crippen LogP) is 2.12. The Kier molecular flexibility index (Phi) is 3.76. The van der Waals surface area contributed by atoms with Gasteiger partial charge < -0.3 is 0 Å². The smallest absolute Gasteiger partial charge is 0.241 e. The number of fused-ring (bicyclic) bond motifs is 1. The Balaban J connectivity index is 1.92. The van der Waals surface area contributed by atoms with Crippen LogP contribution in [-0.2, 0) is 10.2 Å². The van der Waals surface area contributed by atoms with Crippen molar-refractivity contribution in [3.63, 3.8) is 0 Å². The Morgan fingerprint density at radius 3 is 2.75 bits per heavy atom. The van der Waals surface area contributed by atoms with Crippen molar-refractivity contribution in [2.24, 2.45) is 5.14 Å². The first-order chi connectivity index (χ1) is 9.53. The quantitative estimate of drug-likeness (QED) is 0.910. The summed E-state index contributed by atoms with van der Waals surface area (Å²) < 4.78 is 26.3. The van der Waals surface area contributed by atoms with Gasteiger partial charge in [0.2, 0.25) is 0 Å². The van der Waals surface area contributed by atoms with Crippen LogP contribution in [-0.4, -0.2) is 19.4 Å². The average Bonchev–Trinajstić information content (AvgIpc) is 2.81. The molecule has 0 radical (unpaired) electrons. The van der Waals surface area contributed by atoms with Gasteiger partial charge in [-0.3, -0.25) is 0 Å². The van der Waals surface area contributed by atoms with Crippen LogP contribution in [0.3, 0.4) is 0 Å². The number of aromatic nitrogens is 1. The van der Waals surface area contributed by atoms with Crippen molar-refractivity contribution in [1.29, 1.82) is 0 Å². The molecule has 2 aromatic rings. The number of nitrogens with two attached hydrogens (primary N) is 1. The summed E-state index contributed by atoms with van der Waals surface area (Å²) >= 11 is 1.65. The zero-order valence-corrected chi connectivity index (χ0v) is 12.6. The van der Waals surface area contributed by atoms with E-state index in [1.807, 2.05) is 24.3 Å². The molecule has 1 fully saturated rings. The first kappa shape index (κ1) is 13.9. The van der Waals surface area contributed by atoms with E-state index in [0.29, 0.717) is 0 Å². The Bertz CT molecular complexity index is 678. The predicted molar refractivity (Wildman–Crippen MR) is 80.9 cm³/mol. The van der Waals surface area contributed by atoms with Gasteiger partial charge in [0.15, 0.2) is 0 Å². The molecule has 108 valence electrons. The van der Waals surface area contributed by atoms with Gasteiger partial charge in [0.25, 0.3) is 10.2 Å². The van der Waals surface area contributed by atoms with Gasteiger partial charge in [0.05, 0.1) is 15.2 Å². The second-order valence-corrected chi connectivity index (χ2v) is 7.57. The van der Waals surface area contributed by atoms with E-state index in [9.17, 15) is 8.42 Å². The lowest BCUT2D eigenvalue weighted by atomic mass is 9.85. The fraction of sp³-hybridized carbons (Fsp3) is 0.462. The number of thiazole rings is 1. The van der Waals surface area contributed by atoms with Crippen LogP contribution in [0.1, 0.15) is 36.6 Å². The second kappa shape index (κ2) is 5.40. The molecule has 3 rings (SSSR count). The molecular formula is C13H17N3O2S2. The van der Waals surface area contributed by atoms with Gasteiger partial charge in [-0.05, 0) is 25.0 Å². The molecule has 0 saturated heterocycles. The maximum absolute atomic E-state index is 11.3. The Morgan fingerprint density at radius 1 is 1.25 bits per heavy atom. The molecule has 2 unspecified atom stereocenters. The third-order valence-electron chi connectivity index (χ3n) is 3.71. The highest BCUT2D eigenvalue weighted by Gasteiger charge is 2.31. The number of nitrogens with one attached hydrogen (secondary N) is 1. The molecule has 1 heterocycles. The molecule has 7 heteroatoms. The summed E-state index contributed by atoms with van der Waals surface area (Å²) in [6.07, 6.45) is 3.89. The van der Waals surface area contributed by atoms with Crippen LogP contribution in [0, 0.1) is 0 Å². The lowest BCUT2D eigenvalue weighted by Gasteiger charge is -2.29. The highest BCUT2D eigenvalue weighted by atomic mass is 32.2. The van der Waals surface area contributed by atoms with Gasteiger partial charge in [-0.15, -0.1) is 11.3 Å². The minimum Gasteiger partial charge on any atom is -0.241 e. The first-order valence-electron chi connectivity index (χ1n) is 6.68. The highest BCUT2D eigenvalue weighted by Crippen LogP contribution is 2.37. The minimum absolute atomic E-state index is 0.125. The largest absolute Gasteiger partial charge is 0.274 e. The molecule has 1 aromatic carbocycles. The Hall–Kier alpha value is -1.02. The number of para-hydroxylation sites is 1. The van der Waals surface area contributed by atoms with Crippen molar-refractivity contribution in [3.05, 3.63) is 29.3 Å². The van der Waals surface area contributed by atoms with Crippen molar-refractivity contribution < 1.29 is 8.42 Å². The summed E-state index contributed by atoms with van der Waals surface area (Å²) in [7, 11) is -3.67. The maximum atomic E-state index is 11.3. The summed E-state index contributed by atoms with van der Waals surface area (Å²) in [6, 6.07) is 7.85. The fourth-order valence-corrected chi connectivity index (χ4v) is 4.70. The standard InChI is InChI=1S/C13H17N3O2S2/c14-20(17,18)16-10-6-2-1-5-9(10)13-15-11-7-3-4-8-12(11)19-13/h3-4,7-10,16H,1-2,5-6H2,(H2,14,17,18).